The second-order valence-electron chi connectivity index (χ2n) is 6.10. The molecule has 0 unspecified atom stereocenters. The Labute approximate surface area is 173 Å². The molecule has 29 heavy (non-hydrogen) atoms. The molecule has 0 radical (unpaired) electrons. The minimum atomic E-state index is -0.305. The first-order valence-electron chi connectivity index (χ1n) is 8.95. The third-order valence-corrected chi connectivity index (χ3v) is 4.38. The quantitative estimate of drug-likeness (QED) is 0.681. The smallest absolute Gasteiger partial charge is 0.257 e. The van der Waals surface area contributed by atoms with Gasteiger partial charge in [-0.25, -0.2) is 0 Å². The molecule has 2 aromatic carbocycles. The molecular formula is C20H21ClN2O6. The van der Waals surface area contributed by atoms with E-state index in [2.05, 4.69) is 10.6 Å². The van der Waals surface area contributed by atoms with Gasteiger partial charge in [0.25, 0.3) is 11.8 Å². The highest BCUT2D eigenvalue weighted by Gasteiger charge is 2.20. The summed E-state index contributed by atoms with van der Waals surface area (Å²) in [6, 6.07) is 8.32. The fourth-order valence-corrected chi connectivity index (χ4v) is 2.98. The highest BCUT2D eigenvalue weighted by atomic mass is 35.5. The van der Waals surface area contributed by atoms with Gasteiger partial charge in [0, 0.05) is 18.7 Å². The van der Waals surface area contributed by atoms with Crippen molar-refractivity contribution >= 4 is 23.4 Å². The highest BCUT2D eigenvalue weighted by molar-refractivity contribution is 6.32. The first-order chi connectivity index (χ1) is 14.0. The van der Waals surface area contributed by atoms with Gasteiger partial charge in [0.1, 0.15) is 0 Å². The molecule has 154 valence electrons. The molecule has 0 atom stereocenters. The van der Waals surface area contributed by atoms with Gasteiger partial charge in [0.15, 0.2) is 29.6 Å². The highest BCUT2D eigenvalue weighted by Crippen LogP contribution is 2.39. The average molecular weight is 421 g/mol. The molecule has 2 amide bonds. The number of rotatable bonds is 8. The first-order valence-corrected chi connectivity index (χ1v) is 9.33. The number of hydrogen-bond acceptors (Lipinski definition) is 6. The zero-order chi connectivity index (χ0) is 20.8. The normalized spacial score (nSPS) is 11.7. The summed E-state index contributed by atoms with van der Waals surface area (Å²) in [6.07, 6.45) is 0. The van der Waals surface area contributed by atoms with Gasteiger partial charge in [-0.1, -0.05) is 17.7 Å². The summed E-state index contributed by atoms with van der Waals surface area (Å²) in [7, 11) is 1.51. The monoisotopic (exact) mass is 420 g/mol. The number of methoxy groups -OCH3 is 1. The van der Waals surface area contributed by atoms with E-state index in [1.54, 1.807) is 24.3 Å². The van der Waals surface area contributed by atoms with E-state index in [0.717, 1.165) is 5.56 Å². The van der Waals surface area contributed by atoms with Gasteiger partial charge < -0.3 is 29.6 Å². The zero-order valence-corrected chi connectivity index (χ0v) is 16.8. The predicted octanol–water partition coefficient (Wildman–Crippen LogP) is 2.52. The number of hydrogen-bond donors (Lipinski definition) is 2. The molecule has 8 nitrogen and oxygen atoms in total. The molecule has 1 aliphatic heterocycles. The maximum absolute atomic E-state index is 12.5. The minimum absolute atomic E-state index is 0.0778. The lowest BCUT2D eigenvalue weighted by atomic mass is 10.1. The predicted molar refractivity (Wildman–Crippen MR) is 106 cm³/mol. The Hall–Kier alpha value is -3.13. The minimum Gasteiger partial charge on any atom is -0.493 e. The van der Waals surface area contributed by atoms with Crippen LogP contribution in [-0.4, -0.2) is 38.9 Å². The summed E-state index contributed by atoms with van der Waals surface area (Å²) in [5.41, 5.74) is 1.17. The molecule has 2 N–H and O–H groups in total. The maximum atomic E-state index is 12.5. The van der Waals surface area contributed by atoms with Crippen LogP contribution in [0.4, 0.5) is 0 Å². The lowest BCUT2D eigenvalue weighted by molar-refractivity contribution is -0.123. The summed E-state index contributed by atoms with van der Waals surface area (Å²) in [5, 5.41) is 5.79. The summed E-state index contributed by atoms with van der Waals surface area (Å²) >= 11 is 6.12. The van der Waals surface area contributed by atoms with Crippen molar-refractivity contribution in [2.45, 2.75) is 13.5 Å². The zero-order valence-electron chi connectivity index (χ0n) is 16.0. The molecule has 0 saturated carbocycles. The summed E-state index contributed by atoms with van der Waals surface area (Å²) in [5.74, 6) is 1.27. The summed E-state index contributed by atoms with van der Waals surface area (Å²) < 4.78 is 21.3. The van der Waals surface area contributed by atoms with Gasteiger partial charge in [0.2, 0.25) is 6.79 Å². The van der Waals surface area contributed by atoms with E-state index in [1.807, 2.05) is 6.92 Å². The summed E-state index contributed by atoms with van der Waals surface area (Å²) in [6.45, 7) is 2.60. The second kappa shape index (κ2) is 9.38. The molecule has 0 aromatic heterocycles. The van der Waals surface area contributed by atoms with E-state index in [9.17, 15) is 9.59 Å². The van der Waals surface area contributed by atoms with Gasteiger partial charge in [-0.2, -0.15) is 0 Å². The molecule has 0 fully saturated rings. The SMILES string of the molecule is CCNC(=O)COc1ccc(CNC(=O)c2cc(Cl)c3c(c2)OCO3)cc1OC. The molecule has 1 heterocycles. The molecule has 0 saturated heterocycles. The lowest BCUT2D eigenvalue weighted by Crippen LogP contribution is -2.28. The Balaban J connectivity index is 1.62. The molecule has 0 spiro atoms. The van der Waals surface area contributed by atoms with E-state index in [0.29, 0.717) is 40.1 Å². The van der Waals surface area contributed by atoms with Crippen LogP contribution >= 0.6 is 11.6 Å². The third kappa shape index (κ3) is 5.03. The largest absolute Gasteiger partial charge is 0.493 e. The van der Waals surface area contributed by atoms with Crippen molar-refractivity contribution in [3.05, 3.63) is 46.5 Å². The number of benzene rings is 2. The number of halogens is 1. The van der Waals surface area contributed by atoms with Crippen LogP contribution in [0.2, 0.25) is 5.02 Å². The first kappa shape index (κ1) is 20.6. The van der Waals surface area contributed by atoms with Gasteiger partial charge in [0.05, 0.1) is 12.1 Å². The third-order valence-electron chi connectivity index (χ3n) is 4.10. The molecular weight excluding hydrogens is 400 g/mol. The van der Waals surface area contributed by atoms with Crippen molar-refractivity contribution in [3.8, 4) is 23.0 Å². The fourth-order valence-electron chi connectivity index (χ4n) is 2.72. The van der Waals surface area contributed by atoms with Crippen molar-refractivity contribution in [1.82, 2.24) is 10.6 Å². The van der Waals surface area contributed by atoms with Gasteiger partial charge >= 0.3 is 0 Å². The number of carbonyl (C=O) groups excluding carboxylic acids is 2. The summed E-state index contributed by atoms with van der Waals surface area (Å²) in [4.78, 5) is 24.0. The van der Waals surface area contributed by atoms with Crippen LogP contribution in [0.1, 0.15) is 22.8 Å². The Bertz CT molecular complexity index is 918. The van der Waals surface area contributed by atoms with E-state index in [-0.39, 0.29) is 31.8 Å². The van der Waals surface area contributed by atoms with Gasteiger partial charge in [-0.3, -0.25) is 9.59 Å². The van der Waals surface area contributed by atoms with Crippen LogP contribution in [0.3, 0.4) is 0 Å². The van der Waals surface area contributed by atoms with Crippen LogP contribution in [-0.2, 0) is 11.3 Å². The Morgan fingerprint density at radius 3 is 2.72 bits per heavy atom. The standard InChI is InChI=1S/C20H21ClN2O6/c1-3-22-18(24)10-27-15-5-4-12(6-16(15)26-2)9-23-20(25)13-7-14(21)19-17(8-13)28-11-29-19/h4-8H,3,9-11H2,1-2H3,(H,22,24)(H,23,25). The number of likely N-dealkylation sites (N-methyl/N-ethyl adjacent to an activating group) is 1. The Kier molecular flexibility index (Phi) is 6.66. The van der Waals surface area contributed by atoms with E-state index in [1.165, 1.54) is 13.2 Å². The van der Waals surface area contributed by atoms with Crippen LogP contribution in [0.5, 0.6) is 23.0 Å². The van der Waals surface area contributed by atoms with Crippen molar-refractivity contribution in [1.29, 1.82) is 0 Å². The molecule has 3 rings (SSSR count). The van der Waals surface area contributed by atoms with Crippen LogP contribution < -0.4 is 29.6 Å². The molecule has 0 bridgehead atoms. The van der Waals surface area contributed by atoms with Crippen LogP contribution in [0, 0.1) is 0 Å². The van der Waals surface area contributed by atoms with Crippen LogP contribution in [0.25, 0.3) is 0 Å². The number of ether oxygens (including phenoxy) is 4. The van der Waals surface area contributed by atoms with E-state index < -0.39 is 0 Å². The molecule has 0 aliphatic carbocycles. The maximum Gasteiger partial charge on any atom is 0.257 e. The van der Waals surface area contributed by atoms with Crippen molar-refractivity contribution < 1.29 is 28.5 Å². The van der Waals surface area contributed by atoms with Gasteiger partial charge in [-0.15, -0.1) is 0 Å². The molecule has 2 aromatic rings. The number of carbonyl (C=O) groups is 2. The van der Waals surface area contributed by atoms with Crippen LogP contribution in [0.15, 0.2) is 30.3 Å². The molecule has 9 heteroatoms. The Morgan fingerprint density at radius 1 is 1.14 bits per heavy atom. The lowest BCUT2D eigenvalue weighted by Gasteiger charge is -2.13. The van der Waals surface area contributed by atoms with Crippen molar-refractivity contribution in [2.24, 2.45) is 0 Å². The number of amides is 2. The van der Waals surface area contributed by atoms with Crippen molar-refractivity contribution in [2.75, 3.05) is 27.1 Å². The fraction of sp³-hybridized carbons (Fsp3) is 0.300. The second-order valence-corrected chi connectivity index (χ2v) is 6.51. The van der Waals surface area contributed by atoms with Crippen molar-refractivity contribution in [3.63, 3.8) is 0 Å². The topological polar surface area (TPSA) is 95.1 Å². The molecule has 1 aliphatic rings. The number of nitrogens with one attached hydrogen (secondary N) is 2. The van der Waals surface area contributed by atoms with E-state index >= 15 is 0 Å². The number of fused-ring (bicyclic) bond motifs is 1. The van der Waals surface area contributed by atoms with Gasteiger partial charge in [-0.05, 0) is 36.8 Å². The average Bonchev–Trinajstić information content (AvgIpc) is 3.20. The Morgan fingerprint density at radius 2 is 1.97 bits per heavy atom. The van der Waals surface area contributed by atoms with E-state index in [4.69, 9.17) is 30.5 Å².